The van der Waals surface area contributed by atoms with Crippen molar-refractivity contribution in [3.63, 3.8) is 0 Å². The van der Waals surface area contributed by atoms with Crippen LogP contribution >= 0.6 is 0 Å². The molecule has 0 spiro atoms. The van der Waals surface area contributed by atoms with Crippen molar-refractivity contribution in [1.29, 1.82) is 0 Å². The number of hydrogen-bond donors (Lipinski definition) is 1. The zero-order valence-electron chi connectivity index (χ0n) is 7.42. The molecule has 0 aliphatic carbocycles. The van der Waals surface area contributed by atoms with Gasteiger partial charge in [-0.25, -0.2) is 0 Å². The smallest absolute Gasteiger partial charge is 0.217 e. The molecule has 0 saturated heterocycles. The predicted octanol–water partition coefficient (Wildman–Crippen LogP) is -0.569. The highest BCUT2D eigenvalue weighted by Crippen LogP contribution is 1.99. The Morgan fingerprint density at radius 1 is 1.50 bits per heavy atom. The van der Waals surface area contributed by atoms with Crippen LogP contribution in [-0.4, -0.2) is 17.9 Å². The summed E-state index contributed by atoms with van der Waals surface area (Å²) in [7, 11) is 0. The molecule has 0 aromatic heterocycles. The first kappa shape index (κ1) is 10.9. The largest absolute Gasteiger partial charge is 0.550 e. The third kappa shape index (κ3) is 7.05. The third-order valence-electron chi connectivity index (χ3n) is 1.47. The van der Waals surface area contributed by atoms with E-state index in [9.17, 15) is 14.7 Å². The Labute approximate surface area is 72.0 Å². The molecular formula is C8H14NO3-. The molecule has 12 heavy (non-hydrogen) atoms. The third-order valence-corrected chi connectivity index (χ3v) is 1.47. The quantitative estimate of drug-likeness (QED) is 0.603. The molecule has 1 N–H and O–H groups in total. The van der Waals surface area contributed by atoms with E-state index in [1.54, 1.807) is 0 Å². The Morgan fingerprint density at radius 2 is 2.08 bits per heavy atom. The maximum Gasteiger partial charge on any atom is 0.217 e. The summed E-state index contributed by atoms with van der Waals surface area (Å²) in [6.45, 7) is 3.28. The van der Waals surface area contributed by atoms with Gasteiger partial charge in [0.25, 0.3) is 0 Å². The van der Waals surface area contributed by atoms with Gasteiger partial charge < -0.3 is 15.2 Å². The Balaban J connectivity index is 3.37. The molecule has 0 aromatic carbocycles. The second-order valence-electron chi connectivity index (χ2n) is 2.87. The van der Waals surface area contributed by atoms with Crippen molar-refractivity contribution < 1.29 is 14.7 Å². The predicted molar refractivity (Wildman–Crippen MR) is 42.1 cm³/mol. The van der Waals surface area contributed by atoms with Crippen LogP contribution < -0.4 is 10.4 Å². The fourth-order valence-electron chi connectivity index (χ4n) is 0.972. The maximum absolute atomic E-state index is 10.5. The van der Waals surface area contributed by atoms with E-state index in [4.69, 9.17) is 0 Å². The van der Waals surface area contributed by atoms with Crippen LogP contribution in [0.4, 0.5) is 0 Å². The van der Waals surface area contributed by atoms with Crippen molar-refractivity contribution in [2.45, 2.75) is 39.2 Å². The van der Waals surface area contributed by atoms with Crippen LogP contribution in [-0.2, 0) is 9.59 Å². The number of aliphatic carboxylic acids is 1. The zero-order valence-corrected chi connectivity index (χ0v) is 7.42. The van der Waals surface area contributed by atoms with Crippen LogP contribution in [0.15, 0.2) is 0 Å². The summed E-state index contributed by atoms with van der Waals surface area (Å²) in [4.78, 5) is 20.5. The van der Waals surface area contributed by atoms with Crippen LogP contribution in [0.25, 0.3) is 0 Å². The summed E-state index contributed by atoms with van der Waals surface area (Å²) < 4.78 is 0. The van der Waals surface area contributed by atoms with Crippen molar-refractivity contribution >= 4 is 11.9 Å². The van der Waals surface area contributed by atoms with Gasteiger partial charge in [0.05, 0.1) is 0 Å². The highest BCUT2D eigenvalue weighted by Gasteiger charge is 2.01. The van der Waals surface area contributed by atoms with Crippen LogP contribution in [0.2, 0.25) is 0 Å². The van der Waals surface area contributed by atoms with Gasteiger partial charge >= 0.3 is 0 Å². The summed E-state index contributed by atoms with van der Waals surface area (Å²) in [5.74, 6) is -1.12. The van der Waals surface area contributed by atoms with Gasteiger partial charge in [-0.15, -0.1) is 0 Å². The molecule has 4 heteroatoms. The second-order valence-corrected chi connectivity index (χ2v) is 2.87. The summed E-state index contributed by atoms with van der Waals surface area (Å²) in [6.07, 6.45) is 1.28. The molecule has 0 unspecified atom stereocenters. The van der Waals surface area contributed by atoms with E-state index >= 15 is 0 Å². The van der Waals surface area contributed by atoms with Crippen LogP contribution in [0.5, 0.6) is 0 Å². The molecule has 0 rings (SSSR count). The van der Waals surface area contributed by atoms with Crippen molar-refractivity contribution in [1.82, 2.24) is 5.32 Å². The average Bonchev–Trinajstić information content (AvgIpc) is 1.84. The molecule has 70 valence electrons. The minimum absolute atomic E-state index is 0.0434. The van der Waals surface area contributed by atoms with E-state index < -0.39 is 5.97 Å². The molecule has 0 saturated carbocycles. The molecule has 0 heterocycles. The van der Waals surface area contributed by atoms with E-state index in [1.807, 2.05) is 6.92 Å². The first-order chi connectivity index (χ1) is 5.52. The van der Waals surface area contributed by atoms with Gasteiger partial charge in [0.15, 0.2) is 0 Å². The van der Waals surface area contributed by atoms with Crippen LogP contribution in [0.3, 0.4) is 0 Å². The van der Waals surface area contributed by atoms with Gasteiger partial charge in [0, 0.05) is 18.9 Å². The van der Waals surface area contributed by atoms with Crippen molar-refractivity contribution in [3.05, 3.63) is 0 Å². The van der Waals surface area contributed by atoms with Gasteiger partial charge in [0.1, 0.15) is 0 Å². The Kier molecular flexibility index (Phi) is 5.08. The summed E-state index contributed by atoms with van der Waals surface area (Å²) in [5, 5.41) is 12.7. The first-order valence-electron chi connectivity index (χ1n) is 3.99. The molecule has 0 aromatic rings. The monoisotopic (exact) mass is 172 g/mol. The van der Waals surface area contributed by atoms with E-state index in [0.29, 0.717) is 12.8 Å². The fourth-order valence-corrected chi connectivity index (χ4v) is 0.972. The number of carbonyl (C=O) groups excluding carboxylic acids is 2. The Morgan fingerprint density at radius 3 is 2.50 bits per heavy atom. The summed E-state index contributed by atoms with van der Waals surface area (Å²) in [6, 6.07) is 0.0434. The number of carbonyl (C=O) groups is 2. The van der Waals surface area contributed by atoms with Crippen molar-refractivity contribution in [2.75, 3.05) is 0 Å². The minimum atomic E-state index is -1.04. The van der Waals surface area contributed by atoms with Crippen LogP contribution in [0.1, 0.15) is 33.1 Å². The second kappa shape index (κ2) is 5.57. The highest BCUT2D eigenvalue weighted by molar-refractivity contribution is 5.73. The van der Waals surface area contributed by atoms with Gasteiger partial charge in [-0.1, -0.05) is 0 Å². The molecule has 0 aliphatic heterocycles. The SMILES string of the molecule is CC(=O)N[C@H](C)CCCC(=O)[O-]. The number of carboxylic acids is 1. The Bertz CT molecular complexity index is 168. The first-order valence-corrected chi connectivity index (χ1v) is 3.99. The van der Waals surface area contributed by atoms with Gasteiger partial charge in [-0.3, -0.25) is 4.79 Å². The molecule has 4 nitrogen and oxygen atoms in total. The highest BCUT2D eigenvalue weighted by atomic mass is 16.4. The number of amides is 1. The molecule has 1 amide bonds. The standard InChI is InChI=1S/C8H15NO3/c1-6(9-7(2)10)4-3-5-8(11)12/h6H,3-5H2,1-2H3,(H,9,10)(H,11,12)/p-1/t6-/m1/s1. The number of nitrogens with one attached hydrogen (secondary N) is 1. The minimum Gasteiger partial charge on any atom is -0.550 e. The van der Waals surface area contributed by atoms with Crippen molar-refractivity contribution in [2.24, 2.45) is 0 Å². The molecule has 0 fully saturated rings. The van der Waals surface area contributed by atoms with Crippen LogP contribution in [0, 0.1) is 0 Å². The molecule has 0 aliphatic rings. The number of hydrogen-bond acceptors (Lipinski definition) is 3. The molecular weight excluding hydrogens is 158 g/mol. The number of rotatable bonds is 5. The van der Waals surface area contributed by atoms with Gasteiger partial charge in [-0.2, -0.15) is 0 Å². The average molecular weight is 172 g/mol. The fraction of sp³-hybridized carbons (Fsp3) is 0.750. The summed E-state index contributed by atoms with van der Waals surface area (Å²) in [5.41, 5.74) is 0. The molecule has 0 bridgehead atoms. The lowest BCUT2D eigenvalue weighted by atomic mass is 10.1. The lowest BCUT2D eigenvalue weighted by Crippen LogP contribution is -2.30. The van der Waals surface area contributed by atoms with E-state index in [0.717, 1.165) is 0 Å². The number of carboxylic acid groups (broad SMARTS) is 1. The maximum atomic E-state index is 10.5. The lowest BCUT2D eigenvalue weighted by molar-refractivity contribution is -0.305. The van der Waals surface area contributed by atoms with Crippen molar-refractivity contribution in [3.8, 4) is 0 Å². The van der Waals surface area contributed by atoms with Gasteiger partial charge in [0.2, 0.25) is 5.91 Å². The van der Waals surface area contributed by atoms with E-state index in [1.165, 1.54) is 6.92 Å². The Hall–Kier alpha value is -1.06. The van der Waals surface area contributed by atoms with Gasteiger partial charge in [-0.05, 0) is 26.2 Å². The normalized spacial score (nSPS) is 12.2. The molecule has 0 radical (unpaired) electrons. The van der Waals surface area contributed by atoms with E-state index in [2.05, 4.69) is 5.32 Å². The topological polar surface area (TPSA) is 69.2 Å². The lowest BCUT2D eigenvalue weighted by Gasteiger charge is -2.11. The zero-order chi connectivity index (χ0) is 9.56. The summed E-state index contributed by atoms with van der Waals surface area (Å²) >= 11 is 0. The van der Waals surface area contributed by atoms with E-state index in [-0.39, 0.29) is 18.4 Å². The molecule has 1 atom stereocenters.